The van der Waals surface area contributed by atoms with Crippen LogP contribution in [0.3, 0.4) is 0 Å². The van der Waals surface area contributed by atoms with Crippen LogP contribution >= 0.6 is 11.3 Å². The largest absolute Gasteiger partial charge is 0.415 e. The molecule has 0 aliphatic heterocycles. The van der Waals surface area contributed by atoms with Crippen LogP contribution in [0.4, 0.5) is 8.78 Å². The summed E-state index contributed by atoms with van der Waals surface area (Å²) in [6, 6.07) is 1.26. The van der Waals surface area contributed by atoms with Crippen LogP contribution in [0.1, 0.15) is 57.4 Å². The molecule has 0 spiro atoms. The lowest BCUT2D eigenvalue weighted by Crippen LogP contribution is -2.25. The van der Waals surface area contributed by atoms with Crippen molar-refractivity contribution in [1.82, 2.24) is 0 Å². The van der Waals surface area contributed by atoms with Crippen molar-refractivity contribution in [2.24, 2.45) is 11.8 Å². The van der Waals surface area contributed by atoms with Crippen LogP contribution < -0.4 is 4.74 Å². The number of thiophene rings is 1. The second-order valence-electron chi connectivity index (χ2n) is 5.43. The van der Waals surface area contributed by atoms with Gasteiger partial charge in [-0.25, -0.2) is 8.78 Å². The summed E-state index contributed by atoms with van der Waals surface area (Å²) in [6.07, 6.45) is 3.76. The predicted octanol–water partition coefficient (Wildman–Crippen LogP) is 5.20. The molecule has 112 valence electrons. The van der Waals surface area contributed by atoms with Crippen molar-refractivity contribution in [3.8, 4) is 5.06 Å². The maximum Gasteiger partial charge on any atom is 0.315 e. The van der Waals surface area contributed by atoms with Crippen LogP contribution in [0.15, 0.2) is 11.4 Å². The standard InChI is InChI=1S/C15H20F2O2S/c1-2-3-10-4-6-11(7-5-10)15(18)19-13-8-12(9-20-13)14(16)17/h8-11,14H,2-7H2,1H3/t10-,11-. The van der Waals surface area contributed by atoms with Gasteiger partial charge in [-0.2, -0.15) is 0 Å². The molecule has 2 nitrogen and oxygen atoms in total. The van der Waals surface area contributed by atoms with E-state index in [1.165, 1.54) is 24.3 Å². The quantitative estimate of drug-likeness (QED) is 0.699. The summed E-state index contributed by atoms with van der Waals surface area (Å²) in [7, 11) is 0. The van der Waals surface area contributed by atoms with E-state index in [1.807, 2.05) is 0 Å². The van der Waals surface area contributed by atoms with Gasteiger partial charge in [0.15, 0.2) is 5.06 Å². The van der Waals surface area contributed by atoms with E-state index in [0.717, 1.165) is 42.9 Å². The molecule has 1 saturated carbocycles. The van der Waals surface area contributed by atoms with E-state index in [4.69, 9.17) is 4.74 Å². The van der Waals surface area contributed by atoms with Crippen LogP contribution in [-0.4, -0.2) is 5.97 Å². The first-order valence-electron chi connectivity index (χ1n) is 7.18. The molecular weight excluding hydrogens is 282 g/mol. The molecule has 0 amide bonds. The topological polar surface area (TPSA) is 26.3 Å². The summed E-state index contributed by atoms with van der Waals surface area (Å²) < 4.78 is 30.1. The fraction of sp³-hybridized carbons (Fsp3) is 0.667. The normalized spacial score (nSPS) is 23.0. The van der Waals surface area contributed by atoms with Crippen LogP contribution in [0.5, 0.6) is 5.06 Å². The van der Waals surface area contributed by atoms with Crippen LogP contribution in [0.25, 0.3) is 0 Å². The highest BCUT2D eigenvalue weighted by Crippen LogP contribution is 2.34. The molecule has 0 bridgehead atoms. The number of carbonyl (C=O) groups excluding carboxylic acids is 1. The number of rotatable bonds is 5. The third-order valence-corrected chi connectivity index (χ3v) is 4.75. The first-order chi connectivity index (χ1) is 9.60. The number of carbonyl (C=O) groups is 1. The molecule has 1 aromatic heterocycles. The summed E-state index contributed by atoms with van der Waals surface area (Å²) >= 11 is 1.06. The molecule has 0 N–H and O–H groups in total. The number of hydrogen-bond donors (Lipinski definition) is 0. The Bertz CT molecular complexity index is 437. The third kappa shape index (κ3) is 4.01. The average molecular weight is 302 g/mol. The van der Waals surface area contributed by atoms with E-state index >= 15 is 0 Å². The van der Waals surface area contributed by atoms with E-state index in [2.05, 4.69) is 6.92 Å². The molecule has 1 aliphatic rings. The van der Waals surface area contributed by atoms with E-state index in [0.29, 0.717) is 0 Å². The maximum absolute atomic E-state index is 12.5. The van der Waals surface area contributed by atoms with E-state index in [-0.39, 0.29) is 22.5 Å². The zero-order valence-electron chi connectivity index (χ0n) is 11.6. The van der Waals surface area contributed by atoms with Crippen molar-refractivity contribution < 1.29 is 18.3 Å². The molecule has 5 heteroatoms. The van der Waals surface area contributed by atoms with Gasteiger partial charge in [0.25, 0.3) is 6.43 Å². The van der Waals surface area contributed by atoms with Gasteiger partial charge in [0, 0.05) is 17.0 Å². The maximum atomic E-state index is 12.5. The van der Waals surface area contributed by atoms with Gasteiger partial charge in [-0.15, -0.1) is 11.3 Å². The molecule has 0 unspecified atom stereocenters. The summed E-state index contributed by atoms with van der Waals surface area (Å²) in [5, 5.41) is 1.62. The molecule has 0 saturated heterocycles. The Hall–Kier alpha value is -0.970. The SMILES string of the molecule is CCC[C@H]1CC[C@H](C(=O)Oc2cc(C(F)F)cs2)CC1. The molecule has 1 heterocycles. The van der Waals surface area contributed by atoms with Crippen molar-refractivity contribution >= 4 is 17.3 Å². The van der Waals surface area contributed by atoms with Crippen LogP contribution in [0.2, 0.25) is 0 Å². The molecule has 2 rings (SSSR count). The fourth-order valence-electron chi connectivity index (χ4n) is 2.78. The molecule has 0 aromatic carbocycles. The minimum Gasteiger partial charge on any atom is -0.415 e. The first kappa shape index (κ1) is 15.4. The van der Waals surface area contributed by atoms with Gasteiger partial charge in [0.2, 0.25) is 0 Å². The number of alkyl halides is 2. The highest BCUT2D eigenvalue weighted by molar-refractivity contribution is 7.12. The molecule has 0 radical (unpaired) electrons. The number of hydrogen-bond acceptors (Lipinski definition) is 3. The number of esters is 1. The highest BCUT2D eigenvalue weighted by atomic mass is 32.1. The van der Waals surface area contributed by atoms with Gasteiger partial charge < -0.3 is 4.74 Å². The van der Waals surface area contributed by atoms with E-state index < -0.39 is 6.43 Å². The van der Waals surface area contributed by atoms with Gasteiger partial charge in [-0.05, 0) is 31.6 Å². The Morgan fingerprint density at radius 1 is 1.40 bits per heavy atom. The molecule has 1 aromatic rings. The van der Waals surface area contributed by atoms with Gasteiger partial charge in [-0.1, -0.05) is 19.8 Å². The summed E-state index contributed by atoms with van der Waals surface area (Å²) in [5.41, 5.74) is -0.0792. The van der Waals surface area contributed by atoms with E-state index in [9.17, 15) is 13.6 Å². The average Bonchev–Trinajstić information content (AvgIpc) is 2.88. The van der Waals surface area contributed by atoms with Crippen molar-refractivity contribution in [1.29, 1.82) is 0 Å². The van der Waals surface area contributed by atoms with Crippen molar-refractivity contribution in [3.63, 3.8) is 0 Å². The molecule has 20 heavy (non-hydrogen) atoms. The Morgan fingerprint density at radius 2 is 2.10 bits per heavy atom. The Labute approximate surface area is 122 Å². The summed E-state index contributed by atoms with van der Waals surface area (Å²) in [4.78, 5) is 12.0. The molecule has 1 fully saturated rings. The second kappa shape index (κ2) is 7.16. The molecule has 1 aliphatic carbocycles. The first-order valence-corrected chi connectivity index (χ1v) is 8.06. The minimum absolute atomic E-state index is 0.0693. The van der Waals surface area contributed by atoms with Gasteiger partial charge in [0.1, 0.15) is 0 Å². The van der Waals surface area contributed by atoms with Crippen molar-refractivity contribution in [2.45, 2.75) is 51.9 Å². The zero-order chi connectivity index (χ0) is 14.5. The minimum atomic E-state index is -2.51. The fourth-order valence-corrected chi connectivity index (χ4v) is 3.53. The van der Waals surface area contributed by atoms with Gasteiger partial charge >= 0.3 is 5.97 Å². The lowest BCUT2D eigenvalue weighted by molar-refractivity contribution is -0.140. The zero-order valence-corrected chi connectivity index (χ0v) is 12.4. The van der Waals surface area contributed by atoms with Gasteiger partial charge in [0.05, 0.1) is 5.92 Å². The second-order valence-corrected chi connectivity index (χ2v) is 6.30. The monoisotopic (exact) mass is 302 g/mol. The lowest BCUT2D eigenvalue weighted by atomic mass is 9.80. The summed E-state index contributed by atoms with van der Waals surface area (Å²) in [6.45, 7) is 2.18. The Morgan fingerprint density at radius 3 is 2.65 bits per heavy atom. The lowest BCUT2D eigenvalue weighted by Gasteiger charge is -2.26. The smallest absolute Gasteiger partial charge is 0.315 e. The molecule has 0 atom stereocenters. The summed E-state index contributed by atoms with van der Waals surface area (Å²) in [5.74, 6) is 0.402. The van der Waals surface area contributed by atoms with Crippen LogP contribution in [0, 0.1) is 11.8 Å². The van der Waals surface area contributed by atoms with E-state index in [1.54, 1.807) is 0 Å². The van der Waals surface area contributed by atoms with Gasteiger partial charge in [-0.3, -0.25) is 4.79 Å². The van der Waals surface area contributed by atoms with Crippen LogP contribution in [-0.2, 0) is 4.79 Å². The van der Waals surface area contributed by atoms with Crippen molar-refractivity contribution in [3.05, 3.63) is 17.0 Å². The van der Waals surface area contributed by atoms with Crippen molar-refractivity contribution in [2.75, 3.05) is 0 Å². The Balaban J connectivity index is 1.83. The Kier molecular flexibility index (Phi) is 5.52. The third-order valence-electron chi connectivity index (χ3n) is 3.93. The number of halogens is 2. The number of ether oxygens (including phenoxy) is 1. The highest BCUT2D eigenvalue weighted by Gasteiger charge is 2.27. The predicted molar refractivity (Wildman–Crippen MR) is 75.3 cm³/mol. The molecular formula is C15H20F2O2S.